The Bertz CT molecular complexity index is 495. The summed E-state index contributed by atoms with van der Waals surface area (Å²) in [6.45, 7) is 4.60. The van der Waals surface area contributed by atoms with E-state index in [0.717, 1.165) is 25.7 Å². The summed E-state index contributed by atoms with van der Waals surface area (Å²) in [7, 11) is -4.05. The fourth-order valence-corrected chi connectivity index (χ4v) is 5.26. The maximum atomic E-state index is 14.1. The quantitative estimate of drug-likeness (QED) is 0.0641. The van der Waals surface area contributed by atoms with Crippen LogP contribution >= 0.6 is 0 Å². The van der Waals surface area contributed by atoms with Gasteiger partial charge in [0.15, 0.2) is 0 Å². The van der Waals surface area contributed by atoms with E-state index >= 15 is 0 Å². The summed E-state index contributed by atoms with van der Waals surface area (Å²) in [5.74, 6) is 0. The molecule has 0 aliphatic heterocycles. The largest absolute Gasteiger partial charge is 1.00 e. The molecule has 0 fully saturated rings. The first-order valence-electron chi connectivity index (χ1n) is 14.6. The first kappa shape index (κ1) is 37.6. The van der Waals surface area contributed by atoms with Crippen molar-refractivity contribution >= 4 is 10.1 Å². The fourth-order valence-electron chi connectivity index (χ4n) is 4.31. The van der Waals surface area contributed by atoms with Crippen LogP contribution in [0.2, 0.25) is 0 Å². The number of rotatable bonds is 27. The number of alkyl halides is 1. The van der Waals surface area contributed by atoms with E-state index in [1.807, 2.05) is 0 Å². The van der Waals surface area contributed by atoms with E-state index in [9.17, 15) is 12.8 Å². The van der Waals surface area contributed by atoms with Gasteiger partial charge in [0, 0.05) is 0 Å². The second-order valence-electron chi connectivity index (χ2n) is 9.94. The van der Waals surface area contributed by atoms with Gasteiger partial charge in [0.1, 0.15) is 0 Å². The van der Waals surface area contributed by atoms with Gasteiger partial charge in [-0.3, -0.25) is 4.18 Å². The van der Waals surface area contributed by atoms with Gasteiger partial charge in [-0.2, -0.15) is 8.42 Å². The van der Waals surface area contributed by atoms with E-state index in [4.69, 9.17) is 4.18 Å². The minimum atomic E-state index is -4.05. The van der Waals surface area contributed by atoms with E-state index in [0.29, 0.717) is 12.8 Å². The van der Waals surface area contributed by atoms with Gasteiger partial charge in [-0.1, -0.05) is 149 Å². The predicted molar refractivity (Wildman–Crippen MR) is 143 cm³/mol. The average molecular weight is 533 g/mol. The van der Waals surface area contributed by atoms with Gasteiger partial charge in [0.05, 0.1) is 6.61 Å². The van der Waals surface area contributed by atoms with Crippen LogP contribution in [0.1, 0.15) is 169 Å². The van der Waals surface area contributed by atoms with Crippen molar-refractivity contribution in [2.45, 2.75) is 173 Å². The molecule has 3 nitrogen and oxygen atoms in total. The Morgan fingerprint density at radius 1 is 0.559 bits per heavy atom. The van der Waals surface area contributed by atoms with Gasteiger partial charge >= 0.3 is 51.4 Å². The van der Waals surface area contributed by atoms with Crippen molar-refractivity contribution < 1.29 is 69.8 Å². The normalized spacial score (nSPS) is 12.6. The summed E-state index contributed by atoms with van der Waals surface area (Å²) in [5.41, 5.74) is -1.87. The van der Waals surface area contributed by atoms with E-state index in [1.54, 1.807) is 0 Å². The van der Waals surface area contributed by atoms with Gasteiger partial charge in [0.2, 0.25) is 5.50 Å². The van der Waals surface area contributed by atoms with Gasteiger partial charge in [0.25, 0.3) is 10.1 Å². The molecule has 0 bridgehead atoms. The van der Waals surface area contributed by atoms with Crippen LogP contribution in [0.3, 0.4) is 0 Å². The molecule has 0 aromatic carbocycles. The summed E-state index contributed by atoms with van der Waals surface area (Å²) >= 11 is 0. The molecule has 34 heavy (non-hydrogen) atoms. The zero-order chi connectivity index (χ0) is 24.5. The van der Waals surface area contributed by atoms with E-state index in [1.165, 1.54) is 109 Å². The molecule has 6 heteroatoms. The van der Waals surface area contributed by atoms with Crippen molar-refractivity contribution in [3.63, 3.8) is 0 Å². The molecule has 0 heterocycles. The Morgan fingerprint density at radius 2 is 0.853 bits per heavy atom. The SMILES string of the molecule is CCCCCCCCCCCCCCCCOS(=O)(=O)C(F)CCCCCCCCCCC.[H-].[K+]. The second kappa shape index (κ2) is 29.0. The summed E-state index contributed by atoms with van der Waals surface area (Å²) in [6, 6.07) is 0. The van der Waals surface area contributed by atoms with Crippen molar-refractivity contribution in [3.8, 4) is 0 Å². The number of hydrogen-bond acceptors (Lipinski definition) is 3. The van der Waals surface area contributed by atoms with Crippen LogP contribution in [0.15, 0.2) is 0 Å². The Kier molecular flexibility index (Phi) is 32.1. The maximum absolute atomic E-state index is 14.1. The second-order valence-corrected chi connectivity index (χ2v) is 11.7. The molecular weight excluding hydrogens is 474 g/mol. The van der Waals surface area contributed by atoms with Crippen LogP contribution < -0.4 is 51.4 Å². The Balaban J connectivity index is -0.00000512. The third-order valence-corrected chi connectivity index (χ3v) is 7.95. The molecule has 0 amide bonds. The van der Waals surface area contributed by atoms with Crippen molar-refractivity contribution in [1.29, 1.82) is 0 Å². The van der Waals surface area contributed by atoms with Crippen LogP contribution in [-0.2, 0) is 14.3 Å². The monoisotopic (exact) mass is 532 g/mol. The predicted octanol–water partition coefficient (Wildman–Crippen LogP) is 7.15. The molecule has 0 aliphatic rings. The van der Waals surface area contributed by atoms with Crippen LogP contribution in [-0.4, -0.2) is 20.5 Å². The van der Waals surface area contributed by atoms with Gasteiger partial charge < -0.3 is 1.43 Å². The molecule has 202 valence electrons. The zero-order valence-corrected chi connectivity index (χ0v) is 27.2. The smallest absolute Gasteiger partial charge is 1.00 e. The molecule has 0 aliphatic carbocycles. The minimum absolute atomic E-state index is 0. The van der Waals surface area contributed by atoms with Crippen molar-refractivity contribution in [3.05, 3.63) is 0 Å². The first-order valence-corrected chi connectivity index (χ1v) is 16.0. The van der Waals surface area contributed by atoms with Crippen LogP contribution in [0.4, 0.5) is 4.39 Å². The molecule has 0 spiro atoms. The standard InChI is InChI=1S/C28H57FO3S.K.H/c1-3-5-7-9-11-13-14-15-16-17-19-21-23-25-27-32-33(30,31)28(29)26-24-22-20-18-12-10-8-6-4-2;;/h28H,3-27H2,1-2H3;;/q;+1;-1. The van der Waals surface area contributed by atoms with Crippen molar-refractivity contribution in [1.82, 2.24) is 0 Å². The third kappa shape index (κ3) is 26.5. The molecule has 1 atom stereocenters. The molecule has 0 saturated heterocycles. The first-order chi connectivity index (χ1) is 16.0. The van der Waals surface area contributed by atoms with E-state index in [2.05, 4.69) is 13.8 Å². The van der Waals surface area contributed by atoms with Crippen LogP contribution in [0.5, 0.6) is 0 Å². The van der Waals surface area contributed by atoms with Gasteiger partial charge in [-0.15, -0.1) is 0 Å². The van der Waals surface area contributed by atoms with Gasteiger partial charge in [-0.05, 0) is 19.3 Å². The topological polar surface area (TPSA) is 43.4 Å². The fraction of sp³-hybridized carbons (Fsp3) is 1.00. The van der Waals surface area contributed by atoms with Crippen molar-refractivity contribution in [2.24, 2.45) is 0 Å². The number of halogens is 1. The molecule has 0 N–H and O–H groups in total. The van der Waals surface area contributed by atoms with Crippen LogP contribution in [0.25, 0.3) is 0 Å². The van der Waals surface area contributed by atoms with Gasteiger partial charge in [-0.25, -0.2) is 4.39 Å². The Hall–Kier alpha value is 1.48. The molecule has 1 unspecified atom stereocenters. The zero-order valence-electron chi connectivity index (χ0n) is 24.3. The number of unbranched alkanes of at least 4 members (excludes halogenated alkanes) is 21. The van der Waals surface area contributed by atoms with E-state index < -0.39 is 15.6 Å². The summed E-state index contributed by atoms with van der Waals surface area (Å²) in [6.07, 6.45) is 27.7. The molecule has 0 radical (unpaired) electrons. The molecule has 0 aromatic rings. The summed E-state index contributed by atoms with van der Waals surface area (Å²) < 4.78 is 42.9. The molecule has 0 aromatic heterocycles. The third-order valence-electron chi connectivity index (χ3n) is 6.59. The maximum Gasteiger partial charge on any atom is 1.00 e. The number of hydrogen-bond donors (Lipinski definition) is 0. The minimum Gasteiger partial charge on any atom is -1.00 e. The van der Waals surface area contributed by atoms with E-state index in [-0.39, 0.29) is 65.8 Å². The Labute approximate surface area is 257 Å². The Morgan fingerprint density at radius 3 is 1.21 bits per heavy atom. The summed E-state index contributed by atoms with van der Waals surface area (Å²) in [5, 5.41) is 0. The molecule has 0 rings (SSSR count). The van der Waals surface area contributed by atoms with Crippen molar-refractivity contribution in [2.75, 3.05) is 6.61 Å². The van der Waals surface area contributed by atoms with Crippen LogP contribution in [0, 0.1) is 0 Å². The molecule has 0 saturated carbocycles. The molecular formula is C28H58FKO3S. The summed E-state index contributed by atoms with van der Waals surface area (Å²) in [4.78, 5) is 0. The average Bonchev–Trinajstić information content (AvgIpc) is 2.80.